The van der Waals surface area contributed by atoms with E-state index in [9.17, 15) is 0 Å². The van der Waals surface area contributed by atoms with E-state index in [1.807, 2.05) is 6.07 Å². The van der Waals surface area contributed by atoms with Crippen molar-refractivity contribution < 1.29 is 4.52 Å². The normalized spacial score (nSPS) is 26.3. The summed E-state index contributed by atoms with van der Waals surface area (Å²) < 4.78 is 4.89. The van der Waals surface area contributed by atoms with Gasteiger partial charge in [0.2, 0.25) is 0 Å². The van der Waals surface area contributed by atoms with Crippen molar-refractivity contribution in [1.82, 2.24) is 15.4 Å². The molecule has 1 unspecified atom stereocenters. The van der Waals surface area contributed by atoms with E-state index >= 15 is 0 Å². The van der Waals surface area contributed by atoms with Crippen molar-refractivity contribution >= 4 is 0 Å². The first-order chi connectivity index (χ1) is 7.43. The molecule has 15 heavy (non-hydrogen) atoms. The number of hydrogen-bond acceptors (Lipinski definition) is 4. The summed E-state index contributed by atoms with van der Waals surface area (Å²) in [6, 6.07) is 3.47. The summed E-state index contributed by atoms with van der Waals surface area (Å²) >= 11 is 0. The van der Waals surface area contributed by atoms with Crippen LogP contribution in [0.1, 0.15) is 25.0 Å². The van der Waals surface area contributed by atoms with E-state index in [0.717, 1.165) is 31.4 Å². The molecule has 1 atom stereocenters. The van der Waals surface area contributed by atoms with Crippen LogP contribution < -0.4 is 5.32 Å². The number of nitrogens with zero attached hydrogens (tertiary/aromatic N) is 2. The Kier molecular flexibility index (Phi) is 2.46. The van der Waals surface area contributed by atoms with Crippen LogP contribution >= 0.6 is 0 Å². The predicted molar refractivity (Wildman–Crippen MR) is 56.3 cm³/mol. The van der Waals surface area contributed by atoms with Crippen molar-refractivity contribution in [3.05, 3.63) is 18.0 Å². The van der Waals surface area contributed by atoms with E-state index in [1.165, 1.54) is 19.3 Å². The molecular formula is C11H17N3O. The summed E-state index contributed by atoms with van der Waals surface area (Å²) in [5, 5.41) is 7.43. The molecule has 3 rings (SSSR count). The van der Waals surface area contributed by atoms with Crippen LogP contribution in [0.4, 0.5) is 0 Å². The lowest BCUT2D eigenvalue weighted by atomic mass is 10.2. The summed E-state index contributed by atoms with van der Waals surface area (Å²) in [5.74, 6) is 0. The molecular weight excluding hydrogens is 190 g/mol. The van der Waals surface area contributed by atoms with Gasteiger partial charge in [0.1, 0.15) is 6.26 Å². The number of nitrogens with one attached hydrogen (secondary N) is 1. The fourth-order valence-corrected chi connectivity index (χ4v) is 2.39. The van der Waals surface area contributed by atoms with E-state index in [0.29, 0.717) is 6.04 Å². The fourth-order valence-electron chi connectivity index (χ4n) is 2.39. The summed E-state index contributed by atoms with van der Waals surface area (Å²) in [6.45, 7) is 3.24. The Labute approximate surface area is 89.6 Å². The molecule has 1 saturated heterocycles. The highest BCUT2D eigenvalue weighted by Gasteiger charge is 2.35. The van der Waals surface area contributed by atoms with E-state index in [-0.39, 0.29) is 0 Å². The topological polar surface area (TPSA) is 41.3 Å². The van der Waals surface area contributed by atoms with Gasteiger partial charge >= 0.3 is 0 Å². The Morgan fingerprint density at radius 1 is 1.40 bits per heavy atom. The van der Waals surface area contributed by atoms with Crippen LogP contribution in [0.25, 0.3) is 0 Å². The van der Waals surface area contributed by atoms with Crippen LogP contribution in [0.3, 0.4) is 0 Å². The second-order valence-corrected chi connectivity index (χ2v) is 4.54. The Morgan fingerprint density at radius 3 is 2.93 bits per heavy atom. The van der Waals surface area contributed by atoms with Crippen LogP contribution in [-0.2, 0) is 6.54 Å². The zero-order valence-electron chi connectivity index (χ0n) is 8.85. The first kappa shape index (κ1) is 9.36. The van der Waals surface area contributed by atoms with E-state index in [1.54, 1.807) is 6.26 Å². The minimum atomic E-state index is 0.703. The van der Waals surface area contributed by atoms with Gasteiger partial charge in [0.05, 0.1) is 5.69 Å². The minimum absolute atomic E-state index is 0.703. The maximum absolute atomic E-state index is 4.89. The van der Waals surface area contributed by atoms with E-state index < -0.39 is 0 Å². The van der Waals surface area contributed by atoms with Crippen LogP contribution in [0, 0.1) is 0 Å². The van der Waals surface area contributed by atoms with Crippen LogP contribution in [0.5, 0.6) is 0 Å². The van der Waals surface area contributed by atoms with Gasteiger partial charge in [0.25, 0.3) is 0 Å². The fraction of sp³-hybridized carbons (Fsp3) is 0.727. The van der Waals surface area contributed by atoms with Crippen molar-refractivity contribution in [3.63, 3.8) is 0 Å². The molecule has 2 fully saturated rings. The Balaban J connectivity index is 1.67. The molecule has 4 nitrogen and oxygen atoms in total. The highest BCUT2D eigenvalue weighted by molar-refractivity contribution is 5.00. The zero-order valence-corrected chi connectivity index (χ0v) is 8.85. The van der Waals surface area contributed by atoms with Gasteiger partial charge in [-0.05, 0) is 25.8 Å². The number of aromatic nitrogens is 1. The standard InChI is InChI=1S/C11H17N3O/c1-2-10(1)14(11-3-5-12-7-11)8-9-4-6-15-13-9/h4,6,10-12H,1-3,5,7-8H2. The first-order valence-electron chi connectivity index (χ1n) is 5.79. The molecule has 1 N–H and O–H groups in total. The minimum Gasteiger partial charge on any atom is -0.364 e. The van der Waals surface area contributed by atoms with Crippen molar-refractivity contribution in [2.75, 3.05) is 13.1 Å². The van der Waals surface area contributed by atoms with Crippen LogP contribution in [-0.4, -0.2) is 35.2 Å². The Morgan fingerprint density at radius 2 is 2.33 bits per heavy atom. The second kappa shape index (κ2) is 3.94. The first-order valence-corrected chi connectivity index (χ1v) is 5.79. The molecule has 2 aliphatic rings. The van der Waals surface area contributed by atoms with Crippen molar-refractivity contribution in [1.29, 1.82) is 0 Å². The number of hydrogen-bond donors (Lipinski definition) is 1. The molecule has 0 radical (unpaired) electrons. The quantitative estimate of drug-likeness (QED) is 0.799. The summed E-state index contributed by atoms with van der Waals surface area (Å²) in [6.07, 6.45) is 5.64. The molecule has 0 spiro atoms. The molecule has 1 aromatic heterocycles. The lowest BCUT2D eigenvalue weighted by molar-refractivity contribution is 0.183. The maximum atomic E-state index is 4.89. The molecule has 4 heteroatoms. The average molecular weight is 207 g/mol. The summed E-state index contributed by atoms with van der Waals surface area (Å²) in [7, 11) is 0. The van der Waals surface area contributed by atoms with Gasteiger partial charge in [0, 0.05) is 31.2 Å². The summed E-state index contributed by atoms with van der Waals surface area (Å²) in [4.78, 5) is 2.60. The third-order valence-corrected chi connectivity index (χ3v) is 3.36. The van der Waals surface area contributed by atoms with Crippen molar-refractivity contribution in [3.8, 4) is 0 Å². The number of rotatable bonds is 4. The molecule has 1 aromatic rings. The molecule has 0 bridgehead atoms. The van der Waals surface area contributed by atoms with Crippen LogP contribution in [0.2, 0.25) is 0 Å². The third kappa shape index (κ3) is 2.06. The van der Waals surface area contributed by atoms with Crippen molar-refractivity contribution in [2.45, 2.75) is 37.9 Å². The Hall–Kier alpha value is -0.870. The van der Waals surface area contributed by atoms with Gasteiger partial charge in [0.15, 0.2) is 0 Å². The smallest absolute Gasteiger partial charge is 0.124 e. The van der Waals surface area contributed by atoms with Gasteiger partial charge < -0.3 is 9.84 Å². The van der Waals surface area contributed by atoms with Gasteiger partial charge in [-0.25, -0.2) is 0 Å². The molecule has 0 amide bonds. The van der Waals surface area contributed by atoms with Gasteiger partial charge in [-0.3, -0.25) is 4.90 Å². The zero-order chi connectivity index (χ0) is 10.1. The van der Waals surface area contributed by atoms with Gasteiger partial charge in [-0.15, -0.1) is 0 Å². The lowest BCUT2D eigenvalue weighted by Crippen LogP contribution is -2.38. The molecule has 0 aromatic carbocycles. The average Bonchev–Trinajstić information content (AvgIpc) is 2.78. The van der Waals surface area contributed by atoms with Crippen LogP contribution in [0.15, 0.2) is 16.9 Å². The molecule has 1 aliphatic heterocycles. The SMILES string of the molecule is c1cc(CN(C2CC2)C2CCNC2)no1. The van der Waals surface area contributed by atoms with E-state index in [2.05, 4.69) is 15.4 Å². The highest BCUT2D eigenvalue weighted by atomic mass is 16.5. The molecule has 1 aliphatic carbocycles. The van der Waals surface area contributed by atoms with Gasteiger partial charge in [-0.1, -0.05) is 5.16 Å². The predicted octanol–water partition coefficient (Wildman–Crippen LogP) is 1.00. The molecule has 2 heterocycles. The van der Waals surface area contributed by atoms with Crippen molar-refractivity contribution in [2.24, 2.45) is 0 Å². The monoisotopic (exact) mass is 207 g/mol. The van der Waals surface area contributed by atoms with E-state index in [4.69, 9.17) is 4.52 Å². The lowest BCUT2D eigenvalue weighted by Gasteiger charge is -2.27. The third-order valence-electron chi connectivity index (χ3n) is 3.36. The molecule has 82 valence electrons. The Bertz CT molecular complexity index is 302. The largest absolute Gasteiger partial charge is 0.364 e. The van der Waals surface area contributed by atoms with Gasteiger partial charge in [-0.2, -0.15) is 0 Å². The maximum Gasteiger partial charge on any atom is 0.124 e. The molecule has 1 saturated carbocycles. The second-order valence-electron chi connectivity index (χ2n) is 4.54. The summed E-state index contributed by atoms with van der Waals surface area (Å²) in [5.41, 5.74) is 1.06. The highest BCUT2D eigenvalue weighted by Crippen LogP contribution is 2.31.